The molecular formula is C42H36N6O4S2. The number of likely N-dealkylation sites (N-methyl/N-ethyl adjacent to an activating group) is 2. The third-order valence-electron chi connectivity index (χ3n) is 12.6. The first kappa shape index (κ1) is 34.5. The van der Waals surface area contributed by atoms with Crippen molar-refractivity contribution in [1.82, 2.24) is 19.8 Å². The molecule has 4 amide bonds. The molecule has 2 spiro atoms. The first-order valence-electron chi connectivity index (χ1n) is 18.4. The van der Waals surface area contributed by atoms with Crippen molar-refractivity contribution in [2.24, 2.45) is 0 Å². The van der Waals surface area contributed by atoms with E-state index in [0.717, 1.165) is 82.3 Å². The Kier molecular flexibility index (Phi) is 7.73. The summed E-state index contributed by atoms with van der Waals surface area (Å²) in [7, 11) is 2.83. The quantitative estimate of drug-likeness (QED) is 0.148. The maximum atomic E-state index is 13.3. The Morgan fingerprint density at radius 2 is 1.00 bits per heavy atom. The SMILES string of the molecule is [C-]#[N+]C1=C(C)/C(=C/c2nc3c(s2)-c2cc4c(cc2C32CCCCC2)-c2sc(/C=C3/C(=O)N(C)C(=O)C([N+]#[C-])=C3C)nc2C42CCCCC2)C(=O)N(C)C1=O. The van der Waals surface area contributed by atoms with Gasteiger partial charge in [-0.2, -0.15) is 0 Å². The van der Waals surface area contributed by atoms with Gasteiger partial charge in [0.05, 0.1) is 34.3 Å². The van der Waals surface area contributed by atoms with Crippen molar-refractivity contribution < 1.29 is 19.2 Å². The second kappa shape index (κ2) is 12.1. The first-order valence-corrected chi connectivity index (χ1v) is 20.1. The maximum absolute atomic E-state index is 13.3. The molecule has 0 atom stereocenters. The largest absolute Gasteiger partial charge is 0.287 e. The monoisotopic (exact) mass is 752 g/mol. The third-order valence-corrected chi connectivity index (χ3v) is 14.7. The predicted molar refractivity (Wildman–Crippen MR) is 206 cm³/mol. The van der Waals surface area contributed by atoms with E-state index in [4.69, 9.17) is 23.1 Å². The van der Waals surface area contributed by atoms with Crippen LogP contribution in [0.5, 0.6) is 0 Å². The van der Waals surface area contributed by atoms with Crippen LogP contribution in [0.1, 0.15) is 111 Å². The van der Waals surface area contributed by atoms with Gasteiger partial charge in [-0.3, -0.25) is 29.0 Å². The molecule has 0 unspecified atom stereocenters. The van der Waals surface area contributed by atoms with Gasteiger partial charge in [0.15, 0.2) is 0 Å². The van der Waals surface area contributed by atoms with Gasteiger partial charge in [0.25, 0.3) is 35.0 Å². The standard InChI is InChI=1S/C42H36N6O4S2/c1-21-23(37(49)47(5)39(51)31(21)43-3)19-29-45-35-33(53-29)25-17-28-26(18-27(25)41(35)13-9-7-10-14-41)34-36(42(28)15-11-8-12-16-42)46-30(54-34)20-24-22(2)32(44-4)40(52)48(6)38(24)50/h17-20H,7-16H2,1-2,5-6H3/b23-19-,24-20+. The lowest BCUT2D eigenvalue weighted by atomic mass is 9.67. The van der Waals surface area contributed by atoms with Crippen LogP contribution in [0.4, 0.5) is 0 Å². The number of aromatic nitrogens is 2. The summed E-state index contributed by atoms with van der Waals surface area (Å²) >= 11 is 3.17. The highest BCUT2D eigenvalue weighted by Crippen LogP contribution is 2.63. The van der Waals surface area contributed by atoms with Gasteiger partial charge in [-0.1, -0.05) is 38.5 Å². The fraction of sp³-hybridized carbons (Fsp3) is 0.381. The number of hydrogen-bond acceptors (Lipinski definition) is 8. The number of thiazole rings is 2. The molecule has 2 saturated carbocycles. The highest BCUT2D eigenvalue weighted by Gasteiger charge is 2.52. The van der Waals surface area contributed by atoms with Crippen LogP contribution in [0.2, 0.25) is 0 Å². The summed E-state index contributed by atoms with van der Waals surface area (Å²) in [5.41, 5.74) is 7.98. The van der Waals surface area contributed by atoms with Crippen molar-refractivity contribution in [2.75, 3.05) is 14.1 Å². The van der Waals surface area contributed by atoms with Crippen molar-refractivity contribution >= 4 is 58.5 Å². The molecule has 9 rings (SSSR count). The van der Waals surface area contributed by atoms with Gasteiger partial charge in [0, 0.05) is 36.1 Å². The Hall–Kier alpha value is -5.30. The van der Waals surface area contributed by atoms with E-state index in [9.17, 15) is 19.2 Å². The lowest BCUT2D eigenvalue weighted by molar-refractivity contribution is -0.140. The molecule has 0 radical (unpaired) electrons. The second-order valence-electron chi connectivity index (χ2n) is 15.3. The first-order chi connectivity index (χ1) is 26.0. The van der Waals surface area contributed by atoms with Gasteiger partial charge in [-0.05, 0) is 97.2 Å². The molecule has 0 bridgehead atoms. The average molecular weight is 753 g/mol. The summed E-state index contributed by atoms with van der Waals surface area (Å²) in [4.78, 5) is 73.7. The van der Waals surface area contributed by atoms with E-state index in [1.807, 2.05) is 0 Å². The van der Waals surface area contributed by atoms with Crippen LogP contribution >= 0.6 is 22.7 Å². The van der Waals surface area contributed by atoms with Crippen molar-refractivity contribution in [2.45, 2.75) is 88.9 Å². The summed E-state index contributed by atoms with van der Waals surface area (Å²) in [5.74, 6) is -2.01. The molecule has 54 heavy (non-hydrogen) atoms. The van der Waals surface area contributed by atoms with Crippen molar-refractivity contribution in [3.63, 3.8) is 0 Å². The van der Waals surface area contributed by atoms with Gasteiger partial charge in [0.2, 0.25) is 0 Å². The van der Waals surface area contributed by atoms with Crippen LogP contribution in [0.3, 0.4) is 0 Å². The zero-order chi connectivity index (χ0) is 37.8. The summed E-state index contributed by atoms with van der Waals surface area (Å²) in [6.07, 6.45) is 14.1. The fourth-order valence-electron chi connectivity index (χ4n) is 9.77. The number of benzene rings is 1. The number of imide groups is 2. The number of rotatable bonds is 2. The van der Waals surface area contributed by atoms with E-state index in [1.165, 1.54) is 49.2 Å². The van der Waals surface area contributed by atoms with E-state index >= 15 is 0 Å². The minimum Gasteiger partial charge on any atom is -0.287 e. The molecule has 6 aliphatic rings. The number of fused-ring (bicyclic) bond motifs is 10. The van der Waals surface area contributed by atoms with Gasteiger partial charge in [-0.25, -0.2) is 19.7 Å². The zero-order valence-electron chi connectivity index (χ0n) is 30.5. The second-order valence-corrected chi connectivity index (χ2v) is 17.4. The molecule has 12 heteroatoms. The maximum Gasteiger partial charge on any atom is 0.259 e. The minimum absolute atomic E-state index is 0.0391. The van der Waals surface area contributed by atoms with Crippen LogP contribution in [0, 0.1) is 13.1 Å². The Bertz CT molecular complexity index is 2340. The molecule has 2 aliphatic heterocycles. The van der Waals surface area contributed by atoms with E-state index in [2.05, 4.69) is 21.8 Å². The fourth-order valence-corrected chi connectivity index (χ4v) is 12.0. The Labute approximate surface area is 321 Å². The lowest BCUT2D eigenvalue weighted by Gasteiger charge is -2.36. The zero-order valence-corrected chi connectivity index (χ0v) is 32.1. The average Bonchev–Trinajstić information content (AvgIpc) is 3.91. The van der Waals surface area contributed by atoms with Crippen LogP contribution in [-0.4, -0.2) is 57.5 Å². The smallest absolute Gasteiger partial charge is 0.259 e. The molecule has 1 aromatic carbocycles. The molecule has 4 heterocycles. The summed E-state index contributed by atoms with van der Waals surface area (Å²) < 4.78 is 0. The molecule has 0 saturated heterocycles. The molecule has 4 aliphatic carbocycles. The number of carbonyl (C=O) groups excluding carboxylic acids is 4. The normalized spacial score (nSPS) is 22.7. The number of carbonyl (C=O) groups is 4. The third kappa shape index (κ3) is 4.53. The predicted octanol–water partition coefficient (Wildman–Crippen LogP) is 8.21. The van der Waals surface area contributed by atoms with Gasteiger partial charge < -0.3 is 0 Å². The highest BCUT2D eigenvalue weighted by atomic mass is 32.1. The molecule has 270 valence electrons. The van der Waals surface area contributed by atoms with Crippen LogP contribution in [-0.2, 0) is 30.0 Å². The van der Waals surface area contributed by atoms with Crippen LogP contribution in [0.15, 0.2) is 45.8 Å². The number of nitrogens with zero attached hydrogens (tertiary/aromatic N) is 6. The van der Waals surface area contributed by atoms with E-state index in [0.29, 0.717) is 32.3 Å². The van der Waals surface area contributed by atoms with E-state index in [1.54, 1.807) is 48.7 Å². The molecule has 2 aromatic heterocycles. The Balaban J connectivity index is 1.21. The highest BCUT2D eigenvalue weighted by molar-refractivity contribution is 7.16. The molecule has 0 N–H and O–H groups in total. The molecule has 3 aromatic rings. The summed E-state index contributed by atoms with van der Waals surface area (Å²) in [5, 5.41) is 1.40. The topological polar surface area (TPSA) is 109 Å². The van der Waals surface area contributed by atoms with Crippen molar-refractivity contribution in [3.05, 3.63) is 101 Å². The van der Waals surface area contributed by atoms with Crippen molar-refractivity contribution in [1.29, 1.82) is 0 Å². The molecule has 2 fully saturated rings. The molecular weight excluding hydrogens is 717 g/mol. The van der Waals surface area contributed by atoms with Gasteiger partial charge >= 0.3 is 0 Å². The Morgan fingerprint density at radius 3 is 1.35 bits per heavy atom. The summed E-state index contributed by atoms with van der Waals surface area (Å²) in [6.45, 7) is 18.5. The number of amides is 4. The minimum atomic E-state index is -0.577. The molecule has 10 nitrogen and oxygen atoms in total. The number of hydrogen-bond donors (Lipinski definition) is 0. The van der Waals surface area contributed by atoms with Gasteiger partial charge in [-0.15, -0.1) is 22.7 Å². The van der Waals surface area contributed by atoms with Crippen LogP contribution in [0.25, 0.3) is 42.7 Å². The Morgan fingerprint density at radius 1 is 0.630 bits per heavy atom. The van der Waals surface area contributed by atoms with E-state index < -0.39 is 23.6 Å². The van der Waals surface area contributed by atoms with E-state index in [-0.39, 0.29) is 22.2 Å². The van der Waals surface area contributed by atoms with Crippen LogP contribution < -0.4 is 0 Å². The summed E-state index contributed by atoms with van der Waals surface area (Å²) in [6, 6.07) is 4.83. The van der Waals surface area contributed by atoms with Gasteiger partial charge in [0.1, 0.15) is 10.0 Å². The van der Waals surface area contributed by atoms with Crippen molar-refractivity contribution in [3.8, 4) is 20.9 Å². The lowest BCUT2D eigenvalue weighted by Crippen LogP contribution is -2.39.